The molecule has 24 heavy (non-hydrogen) atoms. The molecule has 2 fully saturated rings. The first-order chi connectivity index (χ1) is 11.6. The van der Waals surface area contributed by atoms with E-state index in [-0.39, 0.29) is 23.8 Å². The lowest BCUT2D eigenvalue weighted by Gasteiger charge is -2.33. The molecular formula is C17H25N3O4. The zero-order valence-corrected chi connectivity index (χ0v) is 14.0. The van der Waals surface area contributed by atoms with Crippen LogP contribution in [0.25, 0.3) is 0 Å². The highest BCUT2D eigenvalue weighted by Crippen LogP contribution is 2.23. The highest BCUT2D eigenvalue weighted by Gasteiger charge is 2.28. The summed E-state index contributed by atoms with van der Waals surface area (Å²) in [6, 6.07) is 3.92. The SMILES string of the molecule is Cc1ccc([C@H](CNC(=O)[C@@H]2CCC(=O)NC2)N2CCOCC2)o1. The van der Waals surface area contributed by atoms with E-state index in [9.17, 15) is 9.59 Å². The number of carbonyl (C=O) groups is 2. The summed E-state index contributed by atoms with van der Waals surface area (Å²) in [5.74, 6) is 1.61. The van der Waals surface area contributed by atoms with Gasteiger partial charge in [0, 0.05) is 32.6 Å². The molecule has 2 aliphatic heterocycles. The number of nitrogens with zero attached hydrogens (tertiary/aromatic N) is 1. The van der Waals surface area contributed by atoms with Crippen LogP contribution < -0.4 is 10.6 Å². The summed E-state index contributed by atoms with van der Waals surface area (Å²) in [6.45, 7) is 5.86. The monoisotopic (exact) mass is 335 g/mol. The van der Waals surface area contributed by atoms with Crippen molar-refractivity contribution < 1.29 is 18.7 Å². The zero-order valence-electron chi connectivity index (χ0n) is 14.0. The Morgan fingerprint density at radius 3 is 2.83 bits per heavy atom. The highest BCUT2D eigenvalue weighted by molar-refractivity contribution is 5.83. The van der Waals surface area contributed by atoms with E-state index < -0.39 is 0 Å². The summed E-state index contributed by atoms with van der Waals surface area (Å²) in [4.78, 5) is 25.9. The molecule has 0 unspecified atom stereocenters. The Morgan fingerprint density at radius 2 is 2.21 bits per heavy atom. The van der Waals surface area contributed by atoms with Gasteiger partial charge in [0.25, 0.3) is 0 Å². The van der Waals surface area contributed by atoms with E-state index in [2.05, 4.69) is 15.5 Å². The molecule has 2 saturated heterocycles. The molecule has 3 heterocycles. The van der Waals surface area contributed by atoms with E-state index >= 15 is 0 Å². The van der Waals surface area contributed by atoms with Gasteiger partial charge in [0.2, 0.25) is 11.8 Å². The first kappa shape index (κ1) is 17.0. The van der Waals surface area contributed by atoms with Gasteiger partial charge >= 0.3 is 0 Å². The second kappa shape index (κ2) is 7.81. The van der Waals surface area contributed by atoms with Crippen LogP contribution in [0.15, 0.2) is 16.5 Å². The Labute approximate surface area is 141 Å². The minimum Gasteiger partial charge on any atom is -0.465 e. The van der Waals surface area contributed by atoms with Crippen LogP contribution in [0.2, 0.25) is 0 Å². The van der Waals surface area contributed by atoms with Crippen molar-refractivity contribution in [3.05, 3.63) is 23.7 Å². The van der Waals surface area contributed by atoms with Gasteiger partial charge in [0.1, 0.15) is 11.5 Å². The fraction of sp³-hybridized carbons (Fsp3) is 0.647. The largest absolute Gasteiger partial charge is 0.465 e. The van der Waals surface area contributed by atoms with Crippen LogP contribution in [-0.2, 0) is 14.3 Å². The molecule has 7 heteroatoms. The van der Waals surface area contributed by atoms with Crippen LogP contribution in [0, 0.1) is 12.8 Å². The van der Waals surface area contributed by atoms with Gasteiger partial charge in [-0.3, -0.25) is 14.5 Å². The normalized spacial score (nSPS) is 23.5. The van der Waals surface area contributed by atoms with E-state index in [0.29, 0.717) is 39.1 Å². The zero-order chi connectivity index (χ0) is 16.9. The molecular weight excluding hydrogens is 310 g/mol. The fourth-order valence-corrected chi connectivity index (χ4v) is 3.23. The van der Waals surface area contributed by atoms with Gasteiger partial charge in [-0.2, -0.15) is 0 Å². The van der Waals surface area contributed by atoms with Gasteiger partial charge in [-0.1, -0.05) is 0 Å². The van der Waals surface area contributed by atoms with Crippen LogP contribution in [-0.4, -0.2) is 56.1 Å². The van der Waals surface area contributed by atoms with Gasteiger partial charge in [0.05, 0.1) is 25.2 Å². The predicted octanol–water partition coefficient (Wildman–Crippen LogP) is 0.604. The molecule has 2 N–H and O–H groups in total. The van der Waals surface area contributed by atoms with Crippen molar-refractivity contribution >= 4 is 11.8 Å². The molecule has 0 aromatic carbocycles. The molecule has 0 bridgehead atoms. The number of amides is 2. The maximum absolute atomic E-state index is 12.4. The molecule has 132 valence electrons. The van der Waals surface area contributed by atoms with Gasteiger partial charge in [-0.05, 0) is 25.5 Å². The number of carbonyl (C=O) groups excluding carboxylic acids is 2. The lowest BCUT2D eigenvalue weighted by atomic mass is 9.98. The number of hydrogen-bond donors (Lipinski definition) is 2. The molecule has 3 rings (SSSR count). The number of aryl methyl sites for hydroxylation is 1. The Balaban J connectivity index is 1.61. The number of ether oxygens (including phenoxy) is 1. The highest BCUT2D eigenvalue weighted by atomic mass is 16.5. The molecule has 7 nitrogen and oxygen atoms in total. The maximum atomic E-state index is 12.4. The molecule has 1 aromatic heterocycles. The predicted molar refractivity (Wildman–Crippen MR) is 87.3 cm³/mol. The van der Waals surface area contributed by atoms with Crippen molar-refractivity contribution in [2.75, 3.05) is 39.4 Å². The molecule has 0 aliphatic carbocycles. The number of morpholine rings is 1. The summed E-state index contributed by atoms with van der Waals surface area (Å²) in [5, 5.41) is 5.79. The van der Waals surface area contributed by atoms with Crippen molar-refractivity contribution in [3.8, 4) is 0 Å². The van der Waals surface area contributed by atoms with E-state index in [1.165, 1.54) is 0 Å². The Kier molecular flexibility index (Phi) is 5.52. The number of rotatable bonds is 5. The second-order valence-electron chi connectivity index (χ2n) is 6.40. The van der Waals surface area contributed by atoms with Crippen molar-refractivity contribution in [1.29, 1.82) is 0 Å². The van der Waals surface area contributed by atoms with Gasteiger partial charge in [-0.15, -0.1) is 0 Å². The third-order valence-electron chi connectivity index (χ3n) is 4.68. The molecule has 1 aromatic rings. The maximum Gasteiger partial charge on any atom is 0.224 e. The van der Waals surface area contributed by atoms with Crippen molar-refractivity contribution in [2.45, 2.75) is 25.8 Å². The molecule has 0 spiro atoms. The molecule has 0 radical (unpaired) electrons. The smallest absolute Gasteiger partial charge is 0.224 e. The summed E-state index contributed by atoms with van der Waals surface area (Å²) >= 11 is 0. The van der Waals surface area contributed by atoms with Gasteiger partial charge in [-0.25, -0.2) is 0 Å². The van der Waals surface area contributed by atoms with Crippen LogP contribution in [0.5, 0.6) is 0 Å². The topological polar surface area (TPSA) is 83.8 Å². The summed E-state index contributed by atoms with van der Waals surface area (Å²) in [5.41, 5.74) is 0. The van der Waals surface area contributed by atoms with Crippen molar-refractivity contribution in [1.82, 2.24) is 15.5 Å². The Bertz CT molecular complexity index is 570. The fourth-order valence-electron chi connectivity index (χ4n) is 3.23. The van der Waals surface area contributed by atoms with Crippen LogP contribution in [0.4, 0.5) is 0 Å². The van der Waals surface area contributed by atoms with E-state index in [1.807, 2.05) is 19.1 Å². The summed E-state index contributed by atoms with van der Waals surface area (Å²) < 4.78 is 11.2. The average Bonchev–Trinajstić information content (AvgIpc) is 3.02. The first-order valence-electron chi connectivity index (χ1n) is 8.56. The summed E-state index contributed by atoms with van der Waals surface area (Å²) in [6.07, 6.45) is 1.03. The molecule has 2 atom stereocenters. The molecule has 2 aliphatic rings. The third-order valence-corrected chi connectivity index (χ3v) is 4.68. The minimum atomic E-state index is -0.147. The number of nitrogens with one attached hydrogen (secondary N) is 2. The molecule has 0 saturated carbocycles. The number of hydrogen-bond acceptors (Lipinski definition) is 5. The quantitative estimate of drug-likeness (QED) is 0.823. The number of piperidine rings is 1. The molecule has 2 amide bonds. The Morgan fingerprint density at radius 1 is 1.42 bits per heavy atom. The van der Waals surface area contributed by atoms with E-state index in [1.54, 1.807) is 0 Å². The average molecular weight is 335 g/mol. The standard InChI is InChI=1S/C17H25N3O4/c1-12-2-4-15(24-12)14(20-6-8-23-9-7-20)11-19-17(22)13-3-5-16(21)18-10-13/h2,4,13-14H,3,5-11H2,1H3,(H,18,21)(H,19,22)/t13-,14+/m1/s1. The van der Waals surface area contributed by atoms with Crippen molar-refractivity contribution in [3.63, 3.8) is 0 Å². The number of furan rings is 1. The van der Waals surface area contributed by atoms with E-state index in [4.69, 9.17) is 9.15 Å². The minimum absolute atomic E-state index is 0.00321. The Hall–Kier alpha value is -1.86. The van der Waals surface area contributed by atoms with Crippen molar-refractivity contribution in [2.24, 2.45) is 5.92 Å². The summed E-state index contributed by atoms with van der Waals surface area (Å²) in [7, 11) is 0. The van der Waals surface area contributed by atoms with Gasteiger partial charge in [0.15, 0.2) is 0 Å². The van der Waals surface area contributed by atoms with E-state index in [0.717, 1.165) is 24.6 Å². The third kappa shape index (κ3) is 4.15. The second-order valence-corrected chi connectivity index (χ2v) is 6.40. The van der Waals surface area contributed by atoms with Gasteiger partial charge < -0.3 is 19.8 Å². The first-order valence-corrected chi connectivity index (χ1v) is 8.56. The van der Waals surface area contributed by atoms with Crippen LogP contribution in [0.1, 0.15) is 30.4 Å². The van der Waals surface area contributed by atoms with Crippen LogP contribution in [0.3, 0.4) is 0 Å². The van der Waals surface area contributed by atoms with Crippen LogP contribution >= 0.6 is 0 Å². The lowest BCUT2D eigenvalue weighted by molar-refractivity contribution is -0.129. The lowest BCUT2D eigenvalue weighted by Crippen LogP contribution is -2.47.